The monoisotopic (exact) mass is 370 g/mol. The fraction of sp³-hybridized carbons (Fsp3) is 0. The smallest absolute Gasteiger partial charge is 0.206 e. The first-order valence-corrected chi connectivity index (χ1v) is 9.24. The minimum absolute atomic E-state index is 0.645. The van der Waals surface area contributed by atoms with Crippen LogP contribution in [0, 0.1) is 3.95 Å². The van der Waals surface area contributed by atoms with Crippen molar-refractivity contribution in [2.75, 3.05) is 0 Å². The fourth-order valence-electron chi connectivity index (χ4n) is 1.75. The highest BCUT2D eigenvalue weighted by Crippen LogP contribution is 2.22. The van der Waals surface area contributed by atoms with Crippen LogP contribution in [0.2, 0.25) is 10.0 Å². The maximum atomic E-state index is 6.27. The van der Waals surface area contributed by atoms with Crippen LogP contribution in [0.5, 0.6) is 0 Å². The second kappa shape index (κ2) is 6.42. The van der Waals surface area contributed by atoms with Crippen LogP contribution in [0.3, 0.4) is 0 Å². The molecule has 0 aliphatic heterocycles. The molecule has 7 heteroatoms. The van der Waals surface area contributed by atoms with Gasteiger partial charge in [0.05, 0.1) is 16.4 Å². The lowest BCUT2D eigenvalue weighted by atomic mass is 10.3. The first-order valence-electron chi connectivity index (χ1n) is 5.92. The number of aromatic nitrogens is 1. The van der Waals surface area contributed by atoms with E-state index in [1.54, 1.807) is 0 Å². The highest BCUT2D eigenvalue weighted by atomic mass is 35.5. The summed E-state index contributed by atoms with van der Waals surface area (Å²) in [7, 11) is 3.02. The van der Waals surface area contributed by atoms with Crippen molar-refractivity contribution in [2.45, 2.75) is 0 Å². The van der Waals surface area contributed by atoms with Crippen molar-refractivity contribution in [3.8, 4) is 5.69 Å². The van der Waals surface area contributed by atoms with E-state index in [9.17, 15) is 0 Å². The third-order valence-electron chi connectivity index (χ3n) is 2.71. The molecular formula is C14H8Cl2N2S3. The largest absolute Gasteiger partial charge is 0.265 e. The zero-order chi connectivity index (χ0) is 14.8. The molecule has 0 fully saturated rings. The van der Waals surface area contributed by atoms with Gasteiger partial charge in [0.2, 0.25) is 4.80 Å². The van der Waals surface area contributed by atoms with Crippen LogP contribution >= 0.6 is 56.1 Å². The number of para-hydroxylation sites is 1. The van der Waals surface area contributed by atoms with Crippen molar-refractivity contribution in [3.63, 3.8) is 0 Å². The highest BCUT2D eigenvalue weighted by Gasteiger charge is 2.07. The van der Waals surface area contributed by atoms with Gasteiger partial charge >= 0.3 is 0 Å². The molecule has 1 heterocycles. The molecule has 2 aromatic carbocycles. The Morgan fingerprint density at radius 3 is 2.38 bits per heavy atom. The van der Waals surface area contributed by atoms with E-state index in [4.69, 9.17) is 35.4 Å². The van der Waals surface area contributed by atoms with Gasteiger partial charge in [0.1, 0.15) is 0 Å². The van der Waals surface area contributed by atoms with Gasteiger partial charge in [-0.2, -0.15) is 0 Å². The summed E-state index contributed by atoms with van der Waals surface area (Å²) in [5.74, 6) is 0. The SMILES string of the molecule is S=c1ssc(=Nc2ccc(Cl)cc2)n1-c1ccccc1Cl. The lowest BCUT2D eigenvalue weighted by molar-refractivity contribution is 0.999. The fourth-order valence-corrected chi connectivity index (χ4v) is 4.52. The maximum Gasteiger partial charge on any atom is 0.206 e. The van der Waals surface area contributed by atoms with Crippen molar-refractivity contribution >= 4 is 61.8 Å². The Hall–Kier alpha value is -0.980. The van der Waals surface area contributed by atoms with Crippen LogP contribution < -0.4 is 4.80 Å². The molecule has 0 saturated carbocycles. The number of halogens is 2. The molecular weight excluding hydrogens is 363 g/mol. The van der Waals surface area contributed by atoms with Crippen LogP contribution in [0.15, 0.2) is 53.5 Å². The summed E-state index contributed by atoms with van der Waals surface area (Å²) in [5, 5.41) is 1.33. The number of benzene rings is 2. The minimum Gasteiger partial charge on any atom is -0.265 e. The number of hydrogen-bond acceptors (Lipinski definition) is 4. The Morgan fingerprint density at radius 2 is 1.67 bits per heavy atom. The lowest BCUT2D eigenvalue weighted by Gasteiger charge is -2.04. The standard InChI is InChI=1S/C14H8Cl2N2S3/c15-9-5-7-10(8-6-9)17-13-18(14(19)21-20-13)12-4-2-1-3-11(12)16/h1-8H. The van der Waals surface area contributed by atoms with Crippen LogP contribution in [0.4, 0.5) is 5.69 Å². The van der Waals surface area contributed by atoms with Gasteiger partial charge < -0.3 is 0 Å². The summed E-state index contributed by atoms with van der Waals surface area (Å²) >= 11 is 17.6. The van der Waals surface area contributed by atoms with E-state index >= 15 is 0 Å². The summed E-state index contributed by atoms with van der Waals surface area (Å²) in [6, 6.07) is 14.9. The quantitative estimate of drug-likeness (QED) is 0.407. The van der Waals surface area contributed by atoms with Gasteiger partial charge in [0.25, 0.3) is 0 Å². The summed E-state index contributed by atoms with van der Waals surface area (Å²) < 4.78 is 2.61. The van der Waals surface area contributed by atoms with Gasteiger partial charge in [0, 0.05) is 5.02 Å². The third-order valence-corrected chi connectivity index (χ3v) is 6.03. The van der Waals surface area contributed by atoms with Crippen LogP contribution in [-0.2, 0) is 0 Å². The predicted octanol–water partition coefficient (Wildman–Crippen LogP) is 5.87. The normalized spacial score (nSPS) is 11.8. The average Bonchev–Trinajstić information content (AvgIpc) is 2.83. The molecule has 3 aromatic rings. The van der Waals surface area contributed by atoms with Gasteiger partial charge in [-0.15, -0.1) is 0 Å². The zero-order valence-corrected chi connectivity index (χ0v) is 14.5. The highest BCUT2D eigenvalue weighted by molar-refractivity contribution is 7.79. The Kier molecular flexibility index (Phi) is 4.57. The van der Waals surface area contributed by atoms with Crippen LogP contribution in [-0.4, -0.2) is 4.57 Å². The molecule has 3 rings (SSSR count). The van der Waals surface area contributed by atoms with Gasteiger partial charge in [-0.25, -0.2) is 4.99 Å². The summed E-state index contributed by atoms with van der Waals surface area (Å²) in [6.45, 7) is 0. The van der Waals surface area contributed by atoms with Gasteiger partial charge in [-0.05, 0) is 69.3 Å². The maximum absolute atomic E-state index is 6.27. The first-order chi connectivity index (χ1) is 10.1. The van der Waals surface area contributed by atoms with E-state index in [1.807, 2.05) is 53.1 Å². The molecule has 0 bridgehead atoms. The summed E-state index contributed by atoms with van der Waals surface area (Å²) in [4.78, 5) is 5.42. The second-order valence-electron chi connectivity index (χ2n) is 4.09. The van der Waals surface area contributed by atoms with Crippen LogP contribution in [0.25, 0.3) is 5.69 Å². The average molecular weight is 371 g/mol. The molecule has 0 N–H and O–H groups in total. The molecule has 0 aliphatic carbocycles. The van der Waals surface area contributed by atoms with Gasteiger partial charge in [0.15, 0.2) is 3.95 Å². The van der Waals surface area contributed by atoms with Crippen molar-refractivity contribution in [2.24, 2.45) is 4.99 Å². The zero-order valence-electron chi connectivity index (χ0n) is 10.5. The Labute approximate surface area is 144 Å². The van der Waals surface area contributed by atoms with Gasteiger partial charge in [-0.3, -0.25) is 4.57 Å². The van der Waals surface area contributed by atoms with E-state index < -0.39 is 0 Å². The molecule has 0 aliphatic rings. The molecule has 0 saturated heterocycles. The van der Waals surface area contributed by atoms with Crippen molar-refractivity contribution in [3.05, 3.63) is 67.3 Å². The molecule has 0 unspecified atom stereocenters. The van der Waals surface area contributed by atoms with Gasteiger partial charge in [-0.1, -0.05) is 35.3 Å². The first kappa shape index (κ1) is 14.9. The summed E-state index contributed by atoms with van der Waals surface area (Å²) in [5.41, 5.74) is 1.67. The van der Waals surface area contributed by atoms with Crippen molar-refractivity contribution < 1.29 is 0 Å². The number of hydrogen-bond donors (Lipinski definition) is 0. The minimum atomic E-state index is 0.645. The van der Waals surface area contributed by atoms with E-state index in [-0.39, 0.29) is 0 Å². The third kappa shape index (κ3) is 3.27. The van der Waals surface area contributed by atoms with Crippen LogP contribution in [0.1, 0.15) is 0 Å². The van der Waals surface area contributed by atoms with E-state index in [2.05, 4.69) is 4.99 Å². The van der Waals surface area contributed by atoms with E-state index in [0.29, 0.717) is 10.0 Å². The van der Waals surface area contributed by atoms with E-state index in [1.165, 1.54) is 20.7 Å². The molecule has 1 aromatic heterocycles. The molecule has 2 nitrogen and oxygen atoms in total. The Bertz CT molecular complexity index is 891. The number of rotatable bonds is 2. The summed E-state index contributed by atoms with van der Waals surface area (Å²) in [6.07, 6.45) is 0. The Morgan fingerprint density at radius 1 is 0.952 bits per heavy atom. The molecule has 0 amide bonds. The molecule has 21 heavy (non-hydrogen) atoms. The lowest BCUT2D eigenvalue weighted by Crippen LogP contribution is -2.12. The Balaban J connectivity index is 2.20. The van der Waals surface area contributed by atoms with Crippen molar-refractivity contribution in [1.29, 1.82) is 0 Å². The molecule has 0 spiro atoms. The topological polar surface area (TPSA) is 17.3 Å². The van der Waals surface area contributed by atoms with E-state index in [0.717, 1.165) is 20.1 Å². The molecule has 0 radical (unpaired) electrons. The van der Waals surface area contributed by atoms with Crippen molar-refractivity contribution in [1.82, 2.24) is 4.57 Å². The molecule has 0 atom stereocenters. The predicted molar refractivity (Wildman–Crippen MR) is 94.0 cm³/mol. The number of nitrogens with zero attached hydrogens (tertiary/aromatic N) is 2. The second-order valence-corrected chi connectivity index (χ2v) is 7.66. The molecule has 106 valence electrons.